The molecule has 2 aliphatic rings. The lowest BCUT2D eigenvalue weighted by atomic mass is 9.75. The average molecular weight is 290 g/mol. The van der Waals surface area contributed by atoms with Gasteiger partial charge in [-0.25, -0.2) is 0 Å². The first-order valence-electron chi connectivity index (χ1n) is 8.22. The van der Waals surface area contributed by atoms with E-state index in [1.54, 1.807) is 0 Å². The van der Waals surface area contributed by atoms with Gasteiger partial charge in [-0.15, -0.1) is 0 Å². The molecule has 1 aromatic rings. The van der Waals surface area contributed by atoms with Crippen LogP contribution in [0.25, 0.3) is 0 Å². The zero-order valence-electron chi connectivity index (χ0n) is 12.8. The lowest BCUT2D eigenvalue weighted by molar-refractivity contribution is -0.105. The van der Waals surface area contributed by atoms with Gasteiger partial charge in [0.25, 0.3) is 0 Å². The minimum Gasteiger partial charge on any atom is -0.493 e. The van der Waals surface area contributed by atoms with Crippen molar-refractivity contribution in [2.45, 2.75) is 63.6 Å². The number of rotatable bonds is 4. The number of ether oxygens (including phenoxy) is 1. The fourth-order valence-electron chi connectivity index (χ4n) is 3.56. The predicted molar refractivity (Wildman–Crippen MR) is 82.6 cm³/mol. The molecule has 116 valence electrons. The molecule has 21 heavy (non-hydrogen) atoms. The molecule has 1 saturated carbocycles. The maximum atomic E-state index is 10.6. The van der Waals surface area contributed by atoms with Gasteiger partial charge < -0.3 is 14.9 Å². The molecule has 0 bridgehead atoms. The van der Waals surface area contributed by atoms with Gasteiger partial charge in [0.2, 0.25) is 0 Å². The zero-order valence-corrected chi connectivity index (χ0v) is 12.8. The van der Waals surface area contributed by atoms with Crippen LogP contribution in [0.15, 0.2) is 18.2 Å². The van der Waals surface area contributed by atoms with Gasteiger partial charge >= 0.3 is 0 Å². The summed E-state index contributed by atoms with van der Waals surface area (Å²) in [6, 6.07) is 6.28. The Labute approximate surface area is 127 Å². The highest BCUT2D eigenvalue weighted by Gasteiger charge is 2.38. The van der Waals surface area contributed by atoms with Crippen molar-refractivity contribution in [3.63, 3.8) is 0 Å². The molecule has 1 unspecified atom stereocenters. The fourth-order valence-corrected chi connectivity index (χ4v) is 3.56. The summed E-state index contributed by atoms with van der Waals surface area (Å²) in [7, 11) is 0. The Balaban J connectivity index is 1.57. The SMILES string of the molecule is CC1CCC(O)(C(O)CCc2ccc3c(c2)CCO3)CC1. The van der Waals surface area contributed by atoms with E-state index in [1.165, 1.54) is 11.1 Å². The van der Waals surface area contributed by atoms with Gasteiger partial charge in [0.15, 0.2) is 0 Å². The van der Waals surface area contributed by atoms with E-state index in [-0.39, 0.29) is 0 Å². The van der Waals surface area contributed by atoms with Gasteiger partial charge in [0.1, 0.15) is 5.75 Å². The summed E-state index contributed by atoms with van der Waals surface area (Å²) in [6.45, 7) is 3.00. The summed E-state index contributed by atoms with van der Waals surface area (Å²) < 4.78 is 5.51. The first-order valence-corrected chi connectivity index (χ1v) is 8.22. The second kappa shape index (κ2) is 5.98. The van der Waals surface area contributed by atoms with E-state index in [0.717, 1.165) is 50.9 Å². The van der Waals surface area contributed by atoms with E-state index >= 15 is 0 Å². The Morgan fingerprint density at radius 1 is 1.33 bits per heavy atom. The summed E-state index contributed by atoms with van der Waals surface area (Å²) in [5, 5.41) is 21.0. The van der Waals surface area contributed by atoms with Gasteiger partial charge in [-0.05, 0) is 61.6 Å². The summed E-state index contributed by atoms with van der Waals surface area (Å²) in [5.41, 5.74) is 1.63. The van der Waals surface area contributed by atoms with Crippen molar-refractivity contribution in [2.75, 3.05) is 6.61 Å². The van der Waals surface area contributed by atoms with Gasteiger partial charge in [-0.2, -0.15) is 0 Å². The van der Waals surface area contributed by atoms with E-state index in [1.807, 2.05) is 6.07 Å². The van der Waals surface area contributed by atoms with Crippen molar-refractivity contribution in [1.29, 1.82) is 0 Å². The zero-order chi connectivity index (χ0) is 14.9. The Morgan fingerprint density at radius 2 is 2.10 bits per heavy atom. The average Bonchev–Trinajstić information content (AvgIpc) is 2.95. The van der Waals surface area contributed by atoms with Crippen LogP contribution in [0, 0.1) is 5.92 Å². The summed E-state index contributed by atoms with van der Waals surface area (Å²) in [5.74, 6) is 1.67. The molecule has 1 aliphatic carbocycles. The van der Waals surface area contributed by atoms with E-state index < -0.39 is 11.7 Å². The Bertz CT molecular complexity index is 489. The summed E-state index contributed by atoms with van der Waals surface area (Å²) in [4.78, 5) is 0. The highest BCUT2D eigenvalue weighted by Crippen LogP contribution is 2.35. The number of benzene rings is 1. The van der Waals surface area contributed by atoms with Crippen LogP contribution in [0.3, 0.4) is 0 Å². The molecule has 3 heteroatoms. The third kappa shape index (κ3) is 3.24. The molecule has 1 atom stereocenters. The molecule has 0 aromatic heterocycles. The van der Waals surface area contributed by atoms with Gasteiger partial charge in [0, 0.05) is 6.42 Å². The van der Waals surface area contributed by atoms with Crippen LogP contribution >= 0.6 is 0 Å². The molecule has 0 saturated heterocycles. The molecular formula is C18H26O3. The molecule has 0 spiro atoms. The van der Waals surface area contributed by atoms with E-state index in [2.05, 4.69) is 19.1 Å². The second-order valence-corrected chi connectivity index (χ2v) is 6.88. The summed E-state index contributed by atoms with van der Waals surface area (Å²) >= 11 is 0. The highest BCUT2D eigenvalue weighted by atomic mass is 16.5. The lowest BCUT2D eigenvalue weighted by Gasteiger charge is -2.38. The molecular weight excluding hydrogens is 264 g/mol. The molecule has 1 aromatic carbocycles. The lowest BCUT2D eigenvalue weighted by Crippen LogP contribution is -2.45. The maximum Gasteiger partial charge on any atom is 0.122 e. The molecule has 3 nitrogen and oxygen atoms in total. The topological polar surface area (TPSA) is 49.7 Å². The number of hydrogen-bond donors (Lipinski definition) is 2. The van der Waals surface area contributed by atoms with Crippen LogP contribution in [0.2, 0.25) is 0 Å². The normalized spacial score (nSPS) is 29.8. The number of hydrogen-bond acceptors (Lipinski definition) is 3. The minimum atomic E-state index is -0.869. The standard InChI is InChI=1S/C18H26O3/c1-13-6-9-18(20,10-7-13)17(19)5-3-14-2-4-16-15(12-14)8-11-21-16/h2,4,12-13,17,19-20H,3,5-11H2,1H3. The van der Waals surface area contributed by atoms with Gasteiger partial charge in [-0.3, -0.25) is 0 Å². The number of aryl methyl sites for hydroxylation is 1. The van der Waals surface area contributed by atoms with Crippen LogP contribution in [-0.4, -0.2) is 28.5 Å². The third-order valence-electron chi connectivity index (χ3n) is 5.22. The quantitative estimate of drug-likeness (QED) is 0.896. The van der Waals surface area contributed by atoms with Gasteiger partial charge in [-0.1, -0.05) is 19.1 Å². The van der Waals surface area contributed by atoms with Crippen molar-refractivity contribution >= 4 is 0 Å². The largest absolute Gasteiger partial charge is 0.493 e. The maximum absolute atomic E-state index is 10.6. The molecule has 3 rings (SSSR count). The first-order chi connectivity index (χ1) is 10.1. The number of aliphatic hydroxyl groups excluding tert-OH is 1. The molecule has 1 heterocycles. The van der Waals surface area contributed by atoms with E-state index in [4.69, 9.17) is 4.74 Å². The Kier molecular flexibility index (Phi) is 4.23. The van der Waals surface area contributed by atoms with Crippen LogP contribution in [0.1, 0.15) is 50.2 Å². The van der Waals surface area contributed by atoms with Crippen molar-refractivity contribution in [3.8, 4) is 5.75 Å². The number of fused-ring (bicyclic) bond motifs is 1. The molecule has 2 N–H and O–H groups in total. The molecule has 1 fully saturated rings. The van der Waals surface area contributed by atoms with Crippen LogP contribution in [0.5, 0.6) is 5.75 Å². The monoisotopic (exact) mass is 290 g/mol. The molecule has 0 radical (unpaired) electrons. The van der Waals surface area contributed by atoms with E-state index in [9.17, 15) is 10.2 Å². The predicted octanol–water partition coefficient (Wildman–Crippen LogP) is 2.86. The van der Waals surface area contributed by atoms with Crippen molar-refractivity contribution in [1.82, 2.24) is 0 Å². The third-order valence-corrected chi connectivity index (χ3v) is 5.22. The van der Waals surface area contributed by atoms with Crippen molar-refractivity contribution in [2.24, 2.45) is 5.92 Å². The Hall–Kier alpha value is -1.06. The Morgan fingerprint density at radius 3 is 2.86 bits per heavy atom. The second-order valence-electron chi connectivity index (χ2n) is 6.88. The first kappa shape index (κ1) is 14.9. The van der Waals surface area contributed by atoms with Crippen molar-refractivity contribution < 1.29 is 14.9 Å². The van der Waals surface area contributed by atoms with Gasteiger partial charge in [0.05, 0.1) is 18.3 Å². The molecule has 1 aliphatic heterocycles. The molecule has 0 amide bonds. The number of aliphatic hydroxyl groups is 2. The highest BCUT2D eigenvalue weighted by molar-refractivity contribution is 5.39. The van der Waals surface area contributed by atoms with Crippen LogP contribution in [-0.2, 0) is 12.8 Å². The van der Waals surface area contributed by atoms with Crippen LogP contribution < -0.4 is 4.74 Å². The smallest absolute Gasteiger partial charge is 0.122 e. The minimum absolute atomic E-state index is 0.616. The summed E-state index contributed by atoms with van der Waals surface area (Å²) in [6.07, 6.45) is 5.30. The van der Waals surface area contributed by atoms with Crippen molar-refractivity contribution in [3.05, 3.63) is 29.3 Å². The van der Waals surface area contributed by atoms with E-state index in [0.29, 0.717) is 12.3 Å². The van der Waals surface area contributed by atoms with Crippen LogP contribution in [0.4, 0.5) is 0 Å². The fraction of sp³-hybridized carbons (Fsp3) is 0.667.